The van der Waals surface area contributed by atoms with Crippen molar-refractivity contribution in [2.24, 2.45) is 43.3 Å². The van der Waals surface area contributed by atoms with Crippen molar-refractivity contribution in [3.63, 3.8) is 0 Å². The number of ether oxygens (including phenoxy) is 10. The highest BCUT2D eigenvalue weighted by Crippen LogP contribution is 2.55. The van der Waals surface area contributed by atoms with Gasteiger partial charge in [0.05, 0.1) is 113 Å². The van der Waals surface area contributed by atoms with Crippen molar-refractivity contribution >= 4 is 71.3 Å². The van der Waals surface area contributed by atoms with Gasteiger partial charge < -0.3 is 58.0 Å². The first kappa shape index (κ1) is 75.2. The first-order valence-electron chi connectivity index (χ1n) is 26.2. The second-order valence-corrected chi connectivity index (χ2v) is 24.5. The van der Waals surface area contributed by atoms with Crippen LogP contribution in [-0.4, -0.2) is 155 Å². The molecular formula is C58H94N2O20S. The van der Waals surface area contributed by atoms with E-state index in [0.29, 0.717) is 25.4 Å². The highest BCUT2D eigenvalue weighted by atomic mass is 32.2. The number of carbonyl (C=O) groups excluding carboxylic acids is 10. The SMILES string of the molecule is CC(=O)NCc1cccc(CNC(C)=O)c1.COCC(CSCC(C)(CC(C)(CC(C)(CC(C)(CC(C)(CC(C)(CC(C)(CC(C)(C)C(=O)OC)C(=O)OC)C(=O)OC)C(=O)OC)C(=O)OC)C(=O)OC)C(=O)OC)C(=O)OC)OC. The molecule has 0 radical (unpaired) electrons. The Hall–Kier alpha value is -5.81. The second kappa shape index (κ2) is 32.7. The van der Waals surface area contributed by atoms with Gasteiger partial charge in [0.2, 0.25) is 11.8 Å². The summed E-state index contributed by atoms with van der Waals surface area (Å²) in [5.74, 6) is -5.64. The van der Waals surface area contributed by atoms with E-state index in [-0.39, 0.29) is 49.4 Å². The van der Waals surface area contributed by atoms with Gasteiger partial charge in [0, 0.05) is 52.7 Å². The van der Waals surface area contributed by atoms with Gasteiger partial charge in [0.1, 0.15) is 0 Å². The molecule has 1 aromatic rings. The number of hydrogen-bond donors (Lipinski definition) is 2. The van der Waals surface area contributed by atoms with Crippen LogP contribution >= 0.6 is 11.8 Å². The van der Waals surface area contributed by atoms with Crippen molar-refractivity contribution in [3.8, 4) is 0 Å². The number of carbonyl (C=O) groups is 10. The molecule has 22 nitrogen and oxygen atoms in total. The molecule has 0 aliphatic rings. The predicted octanol–water partition coefficient (Wildman–Crippen LogP) is 6.52. The monoisotopic (exact) mass is 1170 g/mol. The number of rotatable bonds is 33. The molecule has 8 atom stereocenters. The number of hydrogen-bond acceptors (Lipinski definition) is 21. The van der Waals surface area contributed by atoms with Gasteiger partial charge in [-0.1, -0.05) is 24.3 Å². The number of amides is 2. The highest BCUT2D eigenvalue weighted by molar-refractivity contribution is 7.99. The molecule has 2 amide bonds. The zero-order valence-electron chi connectivity index (χ0n) is 51.9. The summed E-state index contributed by atoms with van der Waals surface area (Å²) >= 11 is 1.38. The molecule has 8 unspecified atom stereocenters. The molecule has 2 N–H and O–H groups in total. The van der Waals surface area contributed by atoms with Crippen LogP contribution in [0, 0.1) is 43.3 Å². The zero-order valence-corrected chi connectivity index (χ0v) is 52.8. The van der Waals surface area contributed by atoms with E-state index in [0.717, 1.165) is 39.6 Å². The maximum atomic E-state index is 14.2. The maximum Gasteiger partial charge on any atom is 0.312 e. The molecule has 0 aliphatic carbocycles. The number of methoxy groups -OCH3 is 10. The lowest BCUT2D eigenvalue weighted by Gasteiger charge is -2.46. The lowest BCUT2D eigenvalue weighted by Crippen LogP contribution is -2.50. The molecule has 1 aromatic carbocycles. The Morgan fingerprint density at radius 2 is 0.691 bits per heavy atom. The Morgan fingerprint density at radius 1 is 0.420 bits per heavy atom. The highest BCUT2D eigenvalue weighted by Gasteiger charge is 2.59. The summed E-state index contributed by atoms with van der Waals surface area (Å²) in [5, 5.41) is 5.46. The van der Waals surface area contributed by atoms with Gasteiger partial charge >= 0.3 is 47.8 Å². The standard InChI is InChI=1S/C46H78O18S.C12H16N2O2/c1-39(2,31(47)57-12)22-40(3,32(48)58-13)23-41(4,33(49)59-14)24-42(5,34(50)60-15)25-43(6,35(51)61-16)26-44(7,36(52)62-17)27-45(8,37(53)63-18)28-46(9,38(54)64-19)29-65-21-30(56-11)20-55-10;1-9(15)13-7-11-4-3-5-12(6-11)8-14-10(2)16/h30H,20-29H2,1-19H3;3-6H,7-8H2,1-2H3,(H,13,15)(H,14,16). The fraction of sp³-hybridized carbons (Fsp3) is 0.724. The van der Waals surface area contributed by atoms with E-state index in [1.54, 1.807) is 27.7 Å². The van der Waals surface area contributed by atoms with Crippen LogP contribution in [0.25, 0.3) is 0 Å². The molecule has 1 rings (SSSR count). The number of thioether (sulfide) groups is 1. The van der Waals surface area contributed by atoms with Gasteiger partial charge in [0.25, 0.3) is 0 Å². The molecule has 0 heterocycles. The fourth-order valence-electron chi connectivity index (χ4n) is 11.7. The van der Waals surface area contributed by atoms with E-state index in [9.17, 15) is 47.9 Å². The van der Waals surface area contributed by atoms with Crippen molar-refractivity contribution < 1.29 is 95.3 Å². The van der Waals surface area contributed by atoms with Crippen molar-refractivity contribution in [1.29, 1.82) is 0 Å². The maximum absolute atomic E-state index is 14.2. The normalized spacial score (nSPS) is 16.9. The summed E-state index contributed by atoms with van der Waals surface area (Å²) in [6.45, 7) is 18.1. The Kier molecular flexibility index (Phi) is 30.4. The molecule has 462 valence electrons. The third-order valence-electron chi connectivity index (χ3n) is 14.5. The van der Waals surface area contributed by atoms with E-state index in [1.165, 1.54) is 103 Å². The Morgan fingerprint density at radius 3 is 0.951 bits per heavy atom. The molecule has 0 aromatic heterocycles. The topological polar surface area (TPSA) is 287 Å². The van der Waals surface area contributed by atoms with E-state index in [4.69, 9.17) is 47.4 Å². The van der Waals surface area contributed by atoms with Crippen LogP contribution in [0.4, 0.5) is 0 Å². The van der Waals surface area contributed by atoms with Crippen LogP contribution in [0.2, 0.25) is 0 Å². The first-order valence-corrected chi connectivity index (χ1v) is 27.4. The lowest BCUT2D eigenvalue weighted by atomic mass is 9.57. The summed E-state index contributed by atoms with van der Waals surface area (Å²) in [6, 6.07) is 7.75. The van der Waals surface area contributed by atoms with E-state index in [2.05, 4.69) is 10.6 Å². The van der Waals surface area contributed by atoms with Crippen LogP contribution in [0.5, 0.6) is 0 Å². The number of esters is 8. The third kappa shape index (κ3) is 22.1. The lowest BCUT2D eigenvalue weighted by molar-refractivity contribution is -0.173. The van der Waals surface area contributed by atoms with E-state index in [1.807, 2.05) is 24.3 Å². The zero-order chi connectivity index (χ0) is 63.0. The molecule has 0 bridgehead atoms. The summed E-state index contributed by atoms with van der Waals surface area (Å²) < 4.78 is 52.8. The summed E-state index contributed by atoms with van der Waals surface area (Å²) in [5.41, 5.74) is -10.7. The molecule has 0 aliphatic heterocycles. The smallest absolute Gasteiger partial charge is 0.312 e. The quantitative estimate of drug-likeness (QED) is 0.0559. The molecule has 0 saturated carbocycles. The van der Waals surface area contributed by atoms with Gasteiger partial charge in [0.15, 0.2) is 0 Å². The van der Waals surface area contributed by atoms with Gasteiger partial charge in [-0.05, 0) is 118 Å². The minimum Gasteiger partial charge on any atom is -0.469 e. The molecule has 23 heteroatoms. The Bertz CT molecular complexity index is 2300. The van der Waals surface area contributed by atoms with Gasteiger partial charge in [-0.2, -0.15) is 11.8 Å². The molecule has 81 heavy (non-hydrogen) atoms. The van der Waals surface area contributed by atoms with Gasteiger partial charge in [-0.25, -0.2) is 0 Å². The molecule has 0 spiro atoms. The third-order valence-corrected chi connectivity index (χ3v) is 15.9. The number of nitrogens with one attached hydrogen (secondary N) is 2. The van der Waals surface area contributed by atoms with Crippen molar-refractivity contribution in [3.05, 3.63) is 35.4 Å². The minimum atomic E-state index is -1.79. The van der Waals surface area contributed by atoms with Crippen molar-refractivity contribution in [2.75, 3.05) is 89.2 Å². The average Bonchev–Trinajstić information content (AvgIpc) is 3.41. The fourth-order valence-corrected chi connectivity index (χ4v) is 13.0. The van der Waals surface area contributed by atoms with E-state index < -0.39 is 110 Å². The summed E-state index contributed by atoms with van der Waals surface area (Å²) in [4.78, 5) is 132. The van der Waals surface area contributed by atoms with Crippen LogP contribution in [0.1, 0.15) is 132 Å². The molecular weight excluding hydrogens is 1080 g/mol. The Labute approximate surface area is 483 Å². The predicted molar refractivity (Wildman–Crippen MR) is 300 cm³/mol. The van der Waals surface area contributed by atoms with Crippen LogP contribution in [-0.2, 0) is 108 Å². The van der Waals surface area contributed by atoms with Gasteiger partial charge in [-0.15, -0.1) is 0 Å². The van der Waals surface area contributed by atoms with E-state index >= 15 is 0 Å². The summed E-state index contributed by atoms with van der Waals surface area (Å²) in [6.07, 6.45) is -2.49. The van der Waals surface area contributed by atoms with Gasteiger partial charge in [-0.3, -0.25) is 47.9 Å². The van der Waals surface area contributed by atoms with Crippen molar-refractivity contribution in [1.82, 2.24) is 10.6 Å². The molecule has 0 fully saturated rings. The minimum absolute atomic E-state index is 0.0488. The second-order valence-electron chi connectivity index (χ2n) is 23.4. The van der Waals surface area contributed by atoms with Crippen LogP contribution in [0.3, 0.4) is 0 Å². The largest absolute Gasteiger partial charge is 0.469 e. The average molecular weight is 1170 g/mol. The molecule has 0 saturated heterocycles. The number of benzene rings is 1. The first-order chi connectivity index (χ1) is 37.4. The van der Waals surface area contributed by atoms with Crippen molar-refractivity contribution in [2.45, 2.75) is 140 Å². The summed E-state index contributed by atoms with van der Waals surface area (Å²) in [7, 11) is 12.4. The Balaban J connectivity index is 0.00000340. The van der Waals surface area contributed by atoms with Crippen LogP contribution < -0.4 is 10.6 Å². The van der Waals surface area contributed by atoms with Crippen LogP contribution in [0.15, 0.2) is 24.3 Å².